The molecule has 2 aromatic carbocycles. The van der Waals surface area contributed by atoms with E-state index in [2.05, 4.69) is 5.32 Å². The number of ether oxygens (including phenoxy) is 3. The highest BCUT2D eigenvalue weighted by atomic mass is 16.5. The summed E-state index contributed by atoms with van der Waals surface area (Å²) in [6, 6.07) is 15.8. The lowest BCUT2D eigenvalue weighted by Crippen LogP contribution is -2.38. The van der Waals surface area contributed by atoms with Gasteiger partial charge in [-0.3, -0.25) is 4.79 Å². The maximum absolute atomic E-state index is 12.4. The van der Waals surface area contributed by atoms with Crippen molar-refractivity contribution in [2.45, 2.75) is 32.1 Å². The molecular formula is C23H30N2O4. The van der Waals surface area contributed by atoms with Gasteiger partial charge in [0.15, 0.2) is 11.5 Å². The van der Waals surface area contributed by atoms with Gasteiger partial charge in [0.05, 0.1) is 19.8 Å². The van der Waals surface area contributed by atoms with E-state index < -0.39 is 0 Å². The summed E-state index contributed by atoms with van der Waals surface area (Å²) in [5.74, 6) is 1.40. The Morgan fingerprint density at radius 3 is 2.72 bits per heavy atom. The van der Waals surface area contributed by atoms with Crippen molar-refractivity contribution in [3.05, 3.63) is 59.7 Å². The Labute approximate surface area is 172 Å². The average Bonchev–Trinajstić information content (AvgIpc) is 3.26. The number of nitrogens with one attached hydrogen (secondary N) is 1. The highest BCUT2D eigenvalue weighted by molar-refractivity contribution is 5.78. The molecule has 0 aliphatic carbocycles. The quantitative estimate of drug-likeness (QED) is 0.667. The van der Waals surface area contributed by atoms with E-state index in [4.69, 9.17) is 14.2 Å². The molecule has 1 amide bonds. The summed E-state index contributed by atoms with van der Waals surface area (Å²) in [5.41, 5.74) is 2.09. The van der Waals surface area contributed by atoms with Gasteiger partial charge in [-0.25, -0.2) is 0 Å². The van der Waals surface area contributed by atoms with Crippen LogP contribution in [0.25, 0.3) is 0 Å². The highest BCUT2D eigenvalue weighted by Gasteiger charge is 2.16. The van der Waals surface area contributed by atoms with Crippen LogP contribution in [0.4, 0.5) is 0 Å². The number of methoxy groups -OCH3 is 1. The van der Waals surface area contributed by atoms with Gasteiger partial charge in [-0.05, 0) is 36.1 Å². The van der Waals surface area contributed by atoms with Crippen molar-refractivity contribution >= 4 is 5.91 Å². The maximum atomic E-state index is 12.4. The number of benzene rings is 2. The molecule has 6 heteroatoms. The number of hydrogen-bond acceptors (Lipinski definition) is 5. The molecule has 0 spiro atoms. The van der Waals surface area contributed by atoms with E-state index >= 15 is 0 Å². The molecule has 1 aliphatic heterocycles. The second-order valence-corrected chi connectivity index (χ2v) is 7.28. The van der Waals surface area contributed by atoms with Gasteiger partial charge in [0.1, 0.15) is 6.61 Å². The summed E-state index contributed by atoms with van der Waals surface area (Å²) in [4.78, 5) is 14.1. The van der Waals surface area contributed by atoms with Crippen LogP contribution in [0, 0.1) is 0 Å². The third kappa shape index (κ3) is 6.48. The molecule has 2 aromatic rings. The molecule has 1 atom stereocenters. The molecule has 156 valence electrons. The topological polar surface area (TPSA) is 60.0 Å². The molecule has 0 saturated carbocycles. The molecule has 29 heavy (non-hydrogen) atoms. The van der Waals surface area contributed by atoms with E-state index in [1.165, 1.54) is 0 Å². The van der Waals surface area contributed by atoms with Gasteiger partial charge in [0, 0.05) is 26.7 Å². The molecule has 3 rings (SSSR count). The van der Waals surface area contributed by atoms with Gasteiger partial charge < -0.3 is 24.4 Å². The minimum absolute atomic E-state index is 0.0476. The van der Waals surface area contributed by atoms with E-state index in [-0.39, 0.29) is 12.0 Å². The van der Waals surface area contributed by atoms with Gasteiger partial charge >= 0.3 is 0 Å². The fourth-order valence-electron chi connectivity index (χ4n) is 3.31. The second-order valence-electron chi connectivity index (χ2n) is 7.28. The fourth-order valence-corrected chi connectivity index (χ4v) is 3.31. The summed E-state index contributed by atoms with van der Waals surface area (Å²) in [7, 11) is 3.43. The lowest BCUT2D eigenvalue weighted by atomic mass is 10.2. The second kappa shape index (κ2) is 10.8. The van der Waals surface area contributed by atoms with Gasteiger partial charge in [-0.1, -0.05) is 36.4 Å². The first-order valence-electron chi connectivity index (χ1n) is 10.1. The first-order chi connectivity index (χ1) is 14.2. The van der Waals surface area contributed by atoms with Crippen LogP contribution < -0.4 is 14.8 Å². The van der Waals surface area contributed by atoms with Crippen molar-refractivity contribution in [1.29, 1.82) is 0 Å². The van der Waals surface area contributed by atoms with Crippen molar-refractivity contribution in [3.63, 3.8) is 0 Å². The third-order valence-electron chi connectivity index (χ3n) is 4.98. The minimum atomic E-state index is 0.0476. The Kier molecular flexibility index (Phi) is 7.90. The molecule has 1 N–H and O–H groups in total. The highest BCUT2D eigenvalue weighted by Crippen LogP contribution is 2.29. The number of hydrogen-bond donors (Lipinski definition) is 1. The zero-order valence-corrected chi connectivity index (χ0v) is 17.2. The number of carbonyl (C=O) groups is 1. The van der Waals surface area contributed by atoms with Crippen LogP contribution in [0.3, 0.4) is 0 Å². The van der Waals surface area contributed by atoms with Crippen LogP contribution in [0.15, 0.2) is 48.5 Å². The number of carbonyl (C=O) groups excluding carboxylic acids is 1. The van der Waals surface area contributed by atoms with Gasteiger partial charge in [-0.2, -0.15) is 0 Å². The Hall–Kier alpha value is -2.57. The van der Waals surface area contributed by atoms with E-state index in [0.717, 1.165) is 37.1 Å². The lowest BCUT2D eigenvalue weighted by molar-refractivity contribution is -0.129. The largest absolute Gasteiger partial charge is 0.493 e. The van der Waals surface area contributed by atoms with Crippen molar-refractivity contribution in [2.75, 3.05) is 33.9 Å². The molecule has 1 saturated heterocycles. The van der Waals surface area contributed by atoms with Crippen molar-refractivity contribution < 1.29 is 19.0 Å². The zero-order valence-electron chi connectivity index (χ0n) is 17.2. The average molecular weight is 399 g/mol. The maximum Gasteiger partial charge on any atom is 0.236 e. The van der Waals surface area contributed by atoms with Gasteiger partial charge in [-0.15, -0.1) is 0 Å². The van der Waals surface area contributed by atoms with E-state index in [9.17, 15) is 4.79 Å². The molecule has 1 aliphatic rings. The predicted octanol–water partition coefficient (Wildman–Crippen LogP) is 3.00. The number of amides is 1. The van der Waals surface area contributed by atoms with Crippen molar-refractivity contribution in [1.82, 2.24) is 10.2 Å². The van der Waals surface area contributed by atoms with E-state index in [1.807, 2.05) is 55.6 Å². The van der Waals surface area contributed by atoms with Gasteiger partial charge in [0.25, 0.3) is 0 Å². The molecule has 0 radical (unpaired) electrons. The zero-order chi connectivity index (χ0) is 20.5. The standard InChI is InChI=1S/C23H30N2O4/c1-25(23(26)15-24-14-20-9-6-12-28-20)16-19-10-11-21(22(13-19)27-2)29-17-18-7-4-3-5-8-18/h3-5,7-8,10-11,13,20,24H,6,9,12,14-17H2,1-2H3. The number of nitrogens with zero attached hydrogens (tertiary/aromatic N) is 1. The molecular weight excluding hydrogens is 368 g/mol. The summed E-state index contributed by atoms with van der Waals surface area (Å²) in [5, 5.41) is 3.20. The minimum Gasteiger partial charge on any atom is -0.493 e. The summed E-state index contributed by atoms with van der Waals surface area (Å²) in [6.45, 7) is 2.85. The normalized spacial score (nSPS) is 15.9. The van der Waals surface area contributed by atoms with Gasteiger partial charge in [0.2, 0.25) is 5.91 Å². The van der Waals surface area contributed by atoms with Crippen LogP contribution in [0.1, 0.15) is 24.0 Å². The predicted molar refractivity (Wildman–Crippen MR) is 112 cm³/mol. The lowest BCUT2D eigenvalue weighted by Gasteiger charge is -2.19. The fraction of sp³-hybridized carbons (Fsp3) is 0.435. The SMILES string of the molecule is COc1cc(CN(C)C(=O)CNCC2CCCO2)ccc1OCc1ccccc1. The Balaban J connectivity index is 1.49. The first-order valence-corrected chi connectivity index (χ1v) is 10.1. The molecule has 1 heterocycles. The summed E-state index contributed by atoms with van der Waals surface area (Å²) in [6.07, 6.45) is 2.41. The van der Waals surface area contributed by atoms with Crippen molar-refractivity contribution in [2.24, 2.45) is 0 Å². The number of likely N-dealkylation sites (N-methyl/N-ethyl adjacent to an activating group) is 1. The molecule has 0 bridgehead atoms. The van der Waals surface area contributed by atoms with Crippen LogP contribution in [0.5, 0.6) is 11.5 Å². The van der Waals surface area contributed by atoms with Crippen molar-refractivity contribution in [3.8, 4) is 11.5 Å². The molecule has 6 nitrogen and oxygen atoms in total. The molecule has 1 fully saturated rings. The smallest absolute Gasteiger partial charge is 0.236 e. The first kappa shape index (κ1) is 21.1. The summed E-state index contributed by atoms with van der Waals surface area (Å²) < 4.78 is 16.9. The van der Waals surface area contributed by atoms with Crippen LogP contribution >= 0.6 is 0 Å². The van der Waals surface area contributed by atoms with Crippen LogP contribution in [-0.2, 0) is 22.7 Å². The third-order valence-corrected chi connectivity index (χ3v) is 4.98. The Morgan fingerprint density at radius 2 is 2.00 bits per heavy atom. The summed E-state index contributed by atoms with van der Waals surface area (Å²) >= 11 is 0. The van der Waals surface area contributed by atoms with Crippen LogP contribution in [-0.4, -0.2) is 50.8 Å². The Bertz CT molecular complexity index is 776. The van der Waals surface area contributed by atoms with Crippen LogP contribution in [0.2, 0.25) is 0 Å². The monoisotopic (exact) mass is 398 g/mol. The molecule has 0 aromatic heterocycles. The van der Waals surface area contributed by atoms with E-state index in [1.54, 1.807) is 12.0 Å². The Morgan fingerprint density at radius 1 is 1.17 bits per heavy atom. The molecule has 1 unspecified atom stereocenters. The number of rotatable bonds is 10. The van der Waals surface area contributed by atoms with E-state index in [0.29, 0.717) is 31.2 Å².